The molecule has 0 saturated heterocycles. The highest BCUT2D eigenvalue weighted by Gasteiger charge is 2.03. The van der Waals surface area contributed by atoms with E-state index in [1.165, 1.54) is 0 Å². The van der Waals surface area contributed by atoms with E-state index >= 15 is 0 Å². The Labute approximate surface area is 112 Å². The maximum atomic E-state index is 5.75. The lowest BCUT2D eigenvalue weighted by Gasteiger charge is -2.07. The van der Waals surface area contributed by atoms with Crippen LogP contribution < -0.4 is 15.9 Å². The molecule has 0 unspecified atom stereocenters. The Morgan fingerprint density at radius 1 is 1.16 bits per heavy atom. The van der Waals surface area contributed by atoms with E-state index in [0.717, 1.165) is 22.7 Å². The van der Waals surface area contributed by atoms with Crippen LogP contribution in [-0.2, 0) is 0 Å². The van der Waals surface area contributed by atoms with Crippen LogP contribution in [0.25, 0.3) is 0 Å². The normalized spacial score (nSPS) is 11.2. The largest absolute Gasteiger partial charge is 0.497 e. The number of nitrogens with one attached hydrogen (secondary N) is 1. The van der Waals surface area contributed by atoms with E-state index in [1.54, 1.807) is 7.11 Å². The summed E-state index contributed by atoms with van der Waals surface area (Å²) < 4.78 is 5.20. The van der Waals surface area contributed by atoms with E-state index in [9.17, 15) is 0 Å². The molecular weight excluding hydrogens is 238 g/mol. The topological polar surface area (TPSA) is 59.6 Å². The number of hydrogen-bond donors (Lipinski definition) is 2. The zero-order valence-electron chi connectivity index (χ0n) is 10.8. The van der Waals surface area contributed by atoms with Gasteiger partial charge in [-0.3, -0.25) is 5.43 Å². The van der Waals surface area contributed by atoms with Crippen LogP contribution in [0.5, 0.6) is 5.75 Å². The summed E-state index contributed by atoms with van der Waals surface area (Å²) in [6, 6.07) is 17.4. The number of para-hydroxylation sites is 1. The quantitative estimate of drug-likeness (QED) is 0.637. The van der Waals surface area contributed by atoms with Gasteiger partial charge in [0.05, 0.1) is 18.5 Å². The molecule has 0 heterocycles. The molecule has 0 aliphatic rings. The minimum Gasteiger partial charge on any atom is -0.497 e. The van der Waals surface area contributed by atoms with E-state index in [4.69, 9.17) is 10.5 Å². The maximum Gasteiger partial charge on any atom is 0.119 e. The number of anilines is 1. The standard InChI is InChI=1S/C15H17N3O/c1-19-14-9-5-6-12(10-14)15(11-16)18-17-13-7-3-2-4-8-13/h2-10,17H,11,16H2,1H3. The van der Waals surface area contributed by atoms with Crippen LogP contribution in [0.3, 0.4) is 0 Å². The Balaban J connectivity index is 2.19. The minimum atomic E-state index is 0.354. The van der Waals surface area contributed by atoms with Crippen molar-refractivity contribution in [2.45, 2.75) is 0 Å². The molecule has 0 aliphatic heterocycles. The minimum absolute atomic E-state index is 0.354. The van der Waals surface area contributed by atoms with Crippen molar-refractivity contribution < 1.29 is 4.74 Å². The highest BCUT2D eigenvalue weighted by molar-refractivity contribution is 6.02. The van der Waals surface area contributed by atoms with Crippen molar-refractivity contribution >= 4 is 11.4 Å². The van der Waals surface area contributed by atoms with Gasteiger partial charge in [-0.1, -0.05) is 30.3 Å². The number of nitrogens with two attached hydrogens (primary N) is 1. The second kappa shape index (κ2) is 6.56. The van der Waals surface area contributed by atoms with E-state index < -0.39 is 0 Å². The van der Waals surface area contributed by atoms with Gasteiger partial charge in [-0.2, -0.15) is 5.10 Å². The fourth-order valence-electron chi connectivity index (χ4n) is 1.68. The molecule has 0 aromatic heterocycles. The summed E-state index contributed by atoms with van der Waals surface area (Å²) in [6.07, 6.45) is 0. The average Bonchev–Trinajstić information content (AvgIpc) is 2.49. The third kappa shape index (κ3) is 3.56. The SMILES string of the molecule is COc1cccc(C(CN)=NNc2ccccc2)c1. The number of methoxy groups -OCH3 is 1. The first-order chi connectivity index (χ1) is 9.33. The Morgan fingerprint density at radius 3 is 2.63 bits per heavy atom. The summed E-state index contributed by atoms with van der Waals surface area (Å²) in [5.74, 6) is 0.790. The monoisotopic (exact) mass is 255 g/mol. The highest BCUT2D eigenvalue weighted by Crippen LogP contribution is 2.13. The molecule has 4 nitrogen and oxygen atoms in total. The number of hydrogen-bond acceptors (Lipinski definition) is 4. The van der Waals surface area contributed by atoms with Crippen LogP contribution in [0.2, 0.25) is 0 Å². The van der Waals surface area contributed by atoms with Gasteiger partial charge in [0.15, 0.2) is 0 Å². The first kappa shape index (κ1) is 13.1. The molecule has 0 radical (unpaired) electrons. The van der Waals surface area contributed by atoms with Crippen molar-refractivity contribution in [1.82, 2.24) is 0 Å². The summed E-state index contributed by atoms with van der Waals surface area (Å²) in [4.78, 5) is 0. The van der Waals surface area contributed by atoms with Gasteiger partial charge in [-0.05, 0) is 24.3 Å². The number of ether oxygens (including phenoxy) is 1. The van der Waals surface area contributed by atoms with Crippen LogP contribution >= 0.6 is 0 Å². The summed E-state index contributed by atoms with van der Waals surface area (Å²) >= 11 is 0. The van der Waals surface area contributed by atoms with Gasteiger partial charge in [-0.15, -0.1) is 0 Å². The van der Waals surface area contributed by atoms with Crippen molar-refractivity contribution in [1.29, 1.82) is 0 Å². The van der Waals surface area contributed by atoms with Crippen molar-refractivity contribution in [3.8, 4) is 5.75 Å². The fourth-order valence-corrected chi connectivity index (χ4v) is 1.68. The molecule has 0 fully saturated rings. The van der Waals surface area contributed by atoms with Gasteiger partial charge in [0, 0.05) is 12.1 Å². The van der Waals surface area contributed by atoms with Gasteiger partial charge in [0.25, 0.3) is 0 Å². The van der Waals surface area contributed by atoms with E-state index in [1.807, 2.05) is 54.6 Å². The lowest BCUT2D eigenvalue weighted by Crippen LogP contribution is -2.16. The van der Waals surface area contributed by atoms with Crippen molar-refractivity contribution in [2.75, 3.05) is 19.1 Å². The molecule has 0 aliphatic carbocycles. The Hall–Kier alpha value is -2.33. The fraction of sp³-hybridized carbons (Fsp3) is 0.133. The average molecular weight is 255 g/mol. The lowest BCUT2D eigenvalue weighted by molar-refractivity contribution is 0.414. The number of nitrogens with zero attached hydrogens (tertiary/aromatic N) is 1. The van der Waals surface area contributed by atoms with Crippen LogP contribution in [-0.4, -0.2) is 19.4 Å². The second-order valence-electron chi connectivity index (χ2n) is 3.97. The van der Waals surface area contributed by atoms with Crippen molar-refractivity contribution in [3.63, 3.8) is 0 Å². The molecule has 98 valence electrons. The van der Waals surface area contributed by atoms with Crippen LogP contribution in [0.15, 0.2) is 59.7 Å². The molecule has 0 bridgehead atoms. The Bertz CT molecular complexity index is 552. The molecule has 3 N–H and O–H groups in total. The lowest BCUT2D eigenvalue weighted by atomic mass is 10.1. The predicted molar refractivity (Wildman–Crippen MR) is 78.7 cm³/mol. The van der Waals surface area contributed by atoms with Crippen LogP contribution in [0, 0.1) is 0 Å². The number of rotatable bonds is 5. The molecule has 0 saturated carbocycles. The third-order valence-corrected chi connectivity index (χ3v) is 2.69. The summed E-state index contributed by atoms with van der Waals surface area (Å²) in [5.41, 5.74) is 11.4. The number of benzene rings is 2. The molecule has 0 atom stereocenters. The first-order valence-corrected chi connectivity index (χ1v) is 6.05. The Kier molecular flexibility index (Phi) is 4.53. The molecule has 0 spiro atoms. The summed E-state index contributed by atoms with van der Waals surface area (Å²) in [6.45, 7) is 0.354. The van der Waals surface area contributed by atoms with E-state index in [0.29, 0.717) is 6.54 Å². The van der Waals surface area contributed by atoms with Gasteiger partial charge >= 0.3 is 0 Å². The zero-order valence-corrected chi connectivity index (χ0v) is 10.8. The van der Waals surface area contributed by atoms with Crippen LogP contribution in [0.1, 0.15) is 5.56 Å². The molecule has 0 amide bonds. The van der Waals surface area contributed by atoms with Crippen molar-refractivity contribution in [3.05, 3.63) is 60.2 Å². The van der Waals surface area contributed by atoms with E-state index in [-0.39, 0.29) is 0 Å². The molecule has 2 aromatic rings. The molecular formula is C15H17N3O. The van der Waals surface area contributed by atoms with E-state index in [2.05, 4.69) is 10.5 Å². The van der Waals surface area contributed by atoms with Gasteiger partial charge < -0.3 is 10.5 Å². The summed E-state index contributed by atoms with van der Waals surface area (Å²) in [7, 11) is 1.64. The Morgan fingerprint density at radius 2 is 1.95 bits per heavy atom. The third-order valence-electron chi connectivity index (χ3n) is 2.69. The maximum absolute atomic E-state index is 5.75. The van der Waals surface area contributed by atoms with Crippen molar-refractivity contribution in [2.24, 2.45) is 10.8 Å². The molecule has 2 aromatic carbocycles. The van der Waals surface area contributed by atoms with Gasteiger partial charge in [0.2, 0.25) is 0 Å². The predicted octanol–water partition coefficient (Wildman–Crippen LogP) is 2.47. The molecule has 2 rings (SSSR count). The first-order valence-electron chi connectivity index (χ1n) is 6.05. The molecule has 4 heteroatoms. The van der Waals surface area contributed by atoms with Gasteiger partial charge in [0.1, 0.15) is 5.75 Å². The van der Waals surface area contributed by atoms with Gasteiger partial charge in [-0.25, -0.2) is 0 Å². The summed E-state index contributed by atoms with van der Waals surface area (Å²) in [5, 5.41) is 4.34. The second-order valence-corrected chi connectivity index (χ2v) is 3.97. The number of hydrazone groups is 1. The smallest absolute Gasteiger partial charge is 0.119 e. The highest BCUT2D eigenvalue weighted by atomic mass is 16.5. The zero-order chi connectivity index (χ0) is 13.5. The molecule has 19 heavy (non-hydrogen) atoms. The van der Waals surface area contributed by atoms with Crippen LogP contribution in [0.4, 0.5) is 5.69 Å².